The summed E-state index contributed by atoms with van der Waals surface area (Å²) in [5, 5.41) is 3.47. The van der Waals surface area contributed by atoms with Gasteiger partial charge in [-0.1, -0.05) is 45.2 Å². The summed E-state index contributed by atoms with van der Waals surface area (Å²) in [5.41, 5.74) is 1.13. The van der Waals surface area contributed by atoms with E-state index in [9.17, 15) is 8.42 Å². The van der Waals surface area contributed by atoms with E-state index in [2.05, 4.69) is 19.2 Å². The van der Waals surface area contributed by atoms with E-state index in [-0.39, 0.29) is 0 Å². The fourth-order valence-electron chi connectivity index (χ4n) is 2.22. The highest BCUT2D eigenvalue weighted by molar-refractivity contribution is 7.90. The predicted octanol–water partition coefficient (Wildman–Crippen LogP) is 3.40. The molecule has 1 rings (SSSR count). The zero-order valence-corrected chi connectivity index (χ0v) is 13.7. The quantitative estimate of drug-likeness (QED) is 0.760. The van der Waals surface area contributed by atoms with Crippen LogP contribution in [-0.4, -0.2) is 21.2 Å². The Bertz CT molecular complexity index is 480. The summed E-state index contributed by atoms with van der Waals surface area (Å²) in [6, 6.07) is 7.13. The Labute approximate surface area is 123 Å². The maximum Gasteiger partial charge on any atom is 0.175 e. The van der Waals surface area contributed by atoms with Crippen molar-refractivity contribution in [1.82, 2.24) is 5.32 Å². The van der Waals surface area contributed by atoms with Gasteiger partial charge in [0.25, 0.3) is 0 Å². The summed E-state index contributed by atoms with van der Waals surface area (Å²) in [6.07, 6.45) is 6.28. The molecule has 1 N–H and O–H groups in total. The molecule has 0 radical (unpaired) electrons. The fraction of sp³-hybridized carbons (Fsp3) is 0.625. The van der Waals surface area contributed by atoms with Gasteiger partial charge in [-0.3, -0.25) is 0 Å². The highest BCUT2D eigenvalue weighted by Crippen LogP contribution is 2.13. The summed E-state index contributed by atoms with van der Waals surface area (Å²) < 4.78 is 22.7. The topological polar surface area (TPSA) is 46.2 Å². The van der Waals surface area contributed by atoms with Crippen molar-refractivity contribution in [2.24, 2.45) is 5.92 Å². The molecule has 0 aliphatic heterocycles. The number of sulfone groups is 1. The van der Waals surface area contributed by atoms with Gasteiger partial charge >= 0.3 is 0 Å². The molecular formula is C16H27NO2S. The molecule has 4 heteroatoms. The Hall–Kier alpha value is -0.870. The number of hydrogen-bond donors (Lipinski definition) is 1. The lowest BCUT2D eigenvalue weighted by molar-refractivity contribution is 0.419. The molecule has 3 nitrogen and oxygen atoms in total. The van der Waals surface area contributed by atoms with Crippen LogP contribution in [0, 0.1) is 5.92 Å². The molecule has 0 aliphatic rings. The lowest BCUT2D eigenvalue weighted by Gasteiger charge is -2.15. The van der Waals surface area contributed by atoms with Crippen LogP contribution in [0.1, 0.15) is 45.1 Å². The molecule has 0 heterocycles. The van der Waals surface area contributed by atoms with Crippen LogP contribution in [0.5, 0.6) is 0 Å². The number of rotatable bonds is 9. The summed E-state index contributed by atoms with van der Waals surface area (Å²) in [4.78, 5) is 0.385. The monoisotopic (exact) mass is 297 g/mol. The van der Waals surface area contributed by atoms with Crippen LogP contribution >= 0.6 is 0 Å². The van der Waals surface area contributed by atoms with Gasteiger partial charge in [0, 0.05) is 12.8 Å². The molecule has 0 fully saturated rings. The molecule has 0 saturated heterocycles. The second kappa shape index (κ2) is 8.42. The first-order chi connectivity index (χ1) is 9.47. The van der Waals surface area contributed by atoms with Crippen LogP contribution in [-0.2, 0) is 16.4 Å². The van der Waals surface area contributed by atoms with Crippen LogP contribution in [0.15, 0.2) is 29.2 Å². The van der Waals surface area contributed by atoms with E-state index < -0.39 is 9.84 Å². The second-order valence-electron chi connectivity index (χ2n) is 5.46. The van der Waals surface area contributed by atoms with E-state index in [1.54, 1.807) is 12.1 Å². The van der Waals surface area contributed by atoms with E-state index in [0.29, 0.717) is 4.90 Å². The van der Waals surface area contributed by atoms with Gasteiger partial charge in [-0.15, -0.1) is 0 Å². The highest BCUT2D eigenvalue weighted by Gasteiger charge is 2.07. The zero-order chi connectivity index (χ0) is 15.0. The first-order valence-corrected chi connectivity index (χ1v) is 9.36. The normalized spacial score (nSPS) is 13.3. The van der Waals surface area contributed by atoms with Crippen LogP contribution in [0.4, 0.5) is 0 Å². The maximum atomic E-state index is 11.4. The van der Waals surface area contributed by atoms with Crippen LogP contribution < -0.4 is 5.32 Å². The van der Waals surface area contributed by atoms with Gasteiger partial charge in [0.1, 0.15) is 0 Å². The minimum atomic E-state index is -3.09. The van der Waals surface area contributed by atoms with Gasteiger partial charge in [-0.2, -0.15) is 0 Å². The van der Waals surface area contributed by atoms with E-state index in [1.807, 2.05) is 12.1 Å². The van der Waals surface area contributed by atoms with Crippen molar-refractivity contribution in [3.8, 4) is 0 Å². The molecule has 0 aromatic heterocycles. The Morgan fingerprint density at radius 3 is 2.30 bits per heavy atom. The fourth-order valence-corrected chi connectivity index (χ4v) is 2.85. The standard InChI is InChI=1S/C16H27NO2S/c1-4-6-7-14(5-2)12-17-13-15-8-10-16(11-9-15)20(3,18)19/h8-11,14,17H,4-7,12-13H2,1-3H3. The van der Waals surface area contributed by atoms with Crippen molar-refractivity contribution in [1.29, 1.82) is 0 Å². The molecule has 0 saturated carbocycles. The van der Waals surface area contributed by atoms with Gasteiger partial charge in [0.2, 0.25) is 0 Å². The van der Waals surface area contributed by atoms with Crippen molar-refractivity contribution >= 4 is 9.84 Å². The molecule has 20 heavy (non-hydrogen) atoms. The van der Waals surface area contributed by atoms with E-state index >= 15 is 0 Å². The average Bonchev–Trinajstić information content (AvgIpc) is 2.42. The van der Waals surface area contributed by atoms with E-state index in [0.717, 1.165) is 24.6 Å². The van der Waals surface area contributed by atoms with Gasteiger partial charge in [-0.25, -0.2) is 8.42 Å². The number of hydrogen-bond acceptors (Lipinski definition) is 3. The van der Waals surface area contributed by atoms with Gasteiger partial charge in [0.05, 0.1) is 4.90 Å². The maximum absolute atomic E-state index is 11.4. The largest absolute Gasteiger partial charge is 0.312 e. The smallest absolute Gasteiger partial charge is 0.175 e. The molecule has 0 bridgehead atoms. The van der Waals surface area contributed by atoms with Crippen molar-refractivity contribution in [3.63, 3.8) is 0 Å². The van der Waals surface area contributed by atoms with Crippen molar-refractivity contribution < 1.29 is 8.42 Å². The summed E-state index contributed by atoms with van der Waals surface area (Å²) in [6.45, 7) is 6.30. The lowest BCUT2D eigenvalue weighted by Crippen LogP contribution is -2.22. The highest BCUT2D eigenvalue weighted by atomic mass is 32.2. The summed E-state index contributed by atoms with van der Waals surface area (Å²) >= 11 is 0. The van der Waals surface area contributed by atoms with Crippen molar-refractivity contribution in [3.05, 3.63) is 29.8 Å². The zero-order valence-electron chi connectivity index (χ0n) is 12.9. The van der Waals surface area contributed by atoms with Crippen molar-refractivity contribution in [2.75, 3.05) is 12.8 Å². The molecular weight excluding hydrogens is 270 g/mol. The molecule has 1 atom stereocenters. The third-order valence-electron chi connectivity index (χ3n) is 3.66. The van der Waals surface area contributed by atoms with Crippen LogP contribution in [0.2, 0.25) is 0 Å². The molecule has 1 unspecified atom stereocenters. The average molecular weight is 297 g/mol. The number of benzene rings is 1. The Morgan fingerprint density at radius 1 is 1.15 bits per heavy atom. The first-order valence-electron chi connectivity index (χ1n) is 7.47. The molecule has 0 amide bonds. The minimum absolute atomic E-state index is 0.385. The molecule has 0 aliphatic carbocycles. The van der Waals surface area contributed by atoms with Crippen molar-refractivity contribution in [2.45, 2.75) is 51.0 Å². The number of unbranched alkanes of at least 4 members (excludes halogenated alkanes) is 1. The van der Waals surface area contributed by atoms with Gasteiger partial charge in [-0.05, 0) is 36.6 Å². The Morgan fingerprint density at radius 2 is 1.80 bits per heavy atom. The predicted molar refractivity (Wildman–Crippen MR) is 84.6 cm³/mol. The SMILES string of the molecule is CCCCC(CC)CNCc1ccc(S(C)(=O)=O)cc1. The summed E-state index contributed by atoms with van der Waals surface area (Å²) in [5.74, 6) is 0.741. The third kappa shape index (κ3) is 6.06. The second-order valence-corrected chi connectivity index (χ2v) is 7.48. The van der Waals surface area contributed by atoms with E-state index in [4.69, 9.17) is 0 Å². The van der Waals surface area contributed by atoms with Gasteiger partial charge in [0.15, 0.2) is 9.84 Å². The third-order valence-corrected chi connectivity index (χ3v) is 4.79. The molecule has 114 valence electrons. The van der Waals surface area contributed by atoms with Crippen LogP contribution in [0.3, 0.4) is 0 Å². The van der Waals surface area contributed by atoms with Crippen LogP contribution in [0.25, 0.3) is 0 Å². The lowest BCUT2D eigenvalue weighted by atomic mass is 9.99. The molecule has 0 spiro atoms. The molecule has 1 aromatic carbocycles. The van der Waals surface area contributed by atoms with E-state index in [1.165, 1.54) is 31.9 Å². The number of nitrogens with one attached hydrogen (secondary N) is 1. The van der Waals surface area contributed by atoms with Gasteiger partial charge < -0.3 is 5.32 Å². The Balaban J connectivity index is 2.42. The Kier molecular flexibility index (Phi) is 7.24. The first kappa shape index (κ1) is 17.2. The summed E-state index contributed by atoms with van der Waals surface area (Å²) in [7, 11) is -3.09. The minimum Gasteiger partial charge on any atom is -0.312 e. The molecule has 1 aromatic rings.